The Bertz CT molecular complexity index is 1080. The van der Waals surface area contributed by atoms with Gasteiger partial charge in [0.2, 0.25) is 5.91 Å². The number of aliphatic hydroxyl groups is 2. The van der Waals surface area contributed by atoms with Crippen LogP contribution in [0.4, 0.5) is 4.79 Å². The Morgan fingerprint density at radius 3 is 2.58 bits per heavy atom. The number of nitrogens with one attached hydrogen (secondary N) is 1. The van der Waals surface area contributed by atoms with Crippen molar-refractivity contribution >= 4 is 12.0 Å². The Morgan fingerprint density at radius 2 is 1.89 bits per heavy atom. The standard InChI is InChI=1S/C29H40N4O5/c30-28(36)23(15-21-16-31-17-32-21)25-22-9-5-4-8-19(22)12-13-33(25)29(37)38-24(14-18-6-2-1-3-7-18)27(35)26(34)20-10-11-20/h4-5,8-9,16-18,20,23-27,34-35H,1-3,6-7,10-15H2,(H2,30,36)(H,31,32)/t23?,24-,25?,26-,27-/m0/s1. The average Bonchev–Trinajstić information content (AvgIpc) is 3.65. The molecule has 0 bridgehead atoms. The number of nitrogens with two attached hydrogens (primary N) is 1. The minimum Gasteiger partial charge on any atom is -0.443 e. The van der Waals surface area contributed by atoms with E-state index in [4.69, 9.17) is 10.5 Å². The summed E-state index contributed by atoms with van der Waals surface area (Å²) in [4.78, 5) is 35.4. The van der Waals surface area contributed by atoms with Crippen LogP contribution in [0.5, 0.6) is 0 Å². The van der Waals surface area contributed by atoms with E-state index >= 15 is 0 Å². The molecule has 5 N–H and O–H groups in total. The highest BCUT2D eigenvalue weighted by molar-refractivity contribution is 5.80. The highest BCUT2D eigenvalue weighted by Gasteiger charge is 2.44. The molecule has 2 saturated carbocycles. The fourth-order valence-corrected chi connectivity index (χ4v) is 6.38. The fraction of sp³-hybridized carbons (Fsp3) is 0.621. The molecule has 2 amide bonds. The molecule has 206 valence electrons. The zero-order valence-electron chi connectivity index (χ0n) is 21.9. The molecule has 0 radical (unpaired) electrons. The van der Waals surface area contributed by atoms with Gasteiger partial charge in [-0.1, -0.05) is 56.4 Å². The Hall–Kier alpha value is -2.91. The van der Waals surface area contributed by atoms with Crippen LogP contribution in [0.15, 0.2) is 36.8 Å². The largest absolute Gasteiger partial charge is 0.443 e. The minimum atomic E-state index is -1.14. The van der Waals surface area contributed by atoms with Crippen molar-refractivity contribution in [3.05, 3.63) is 53.6 Å². The molecule has 2 aliphatic carbocycles. The molecule has 1 aromatic heterocycles. The van der Waals surface area contributed by atoms with Gasteiger partial charge >= 0.3 is 6.09 Å². The van der Waals surface area contributed by atoms with Gasteiger partial charge in [-0.15, -0.1) is 0 Å². The number of benzene rings is 1. The highest BCUT2D eigenvalue weighted by Crippen LogP contribution is 2.39. The Kier molecular flexibility index (Phi) is 8.33. The van der Waals surface area contributed by atoms with Crippen LogP contribution in [-0.4, -0.2) is 61.9 Å². The summed E-state index contributed by atoms with van der Waals surface area (Å²) in [5.74, 6) is -0.833. The first-order valence-corrected chi connectivity index (χ1v) is 14.1. The number of aromatic nitrogens is 2. The number of imidazole rings is 1. The summed E-state index contributed by atoms with van der Waals surface area (Å²) < 4.78 is 6.07. The topological polar surface area (TPSA) is 142 Å². The van der Waals surface area contributed by atoms with Crippen molar-refractivity contribution in [2.75, 3.05) is 6.54 Å². The van der Waals surface area contributed by atoms with Crippen molar-refractivity contribution in [3.63, 3.8) is 0 Å². The molecule has 1 aliphatic heterocycles. The first-order chi connectivity index (χ1) is 18.4. The predicted molar refractivity (Wildman–Crippen MR) is 141 cm³/mol. The Morgan fingerprint density at radius 1 is 1.13 bits per heavy atom. The summed E-state index contributed by atoms with van der Waals surface area (Å²) in [6.45, 7) is 0.363. The number of primary amides is 1. The van der Waals surface area contributed by atoms with E-state index in [0.717, 1.165) is 49.7 Å². The van der Waals surface area contributed by atoms with Crippen LogP contribution in [0.3, 0.4) is 0 Å². The molecule has 0 spiro atoms. The first kappa shape index (κ1) is 26.7. The molecule has 9 heteroatoms. The number of fused-ring (bicyclic) bond motifs is 1. The lowest BCUT2D eigenvalue weighted by Gasteiger charge is -2.41. The van der Waals surface area contributed by atoms with Gasteiger partial charge in [0.15, 0.2) is 0 Å². The number of carbonyl (C=O) groups is 2. The van der Waals surface area contributed by atoms with Gasteiger partial charge in [0.05, 0.1) is 30.1 Å². The third kappa shape index (κ3) is 6.04. The van der Waals surface area contributed by atoms with Crippen LogP contribution >= 0.6 is 0 Å². The van der Waals surface area contributed by atoms with Gasteiger partial charge in [-0.05, 0) is 48.6 Å². The smallest absolute Gasteiger partial charge is 0.410 e. The maximum Gasteiger partial charge on any atom is 0.410 e. The molecule has 5 atom stereocenters. The van der Waals surface area contributed by atoms with E-state index in [0.29, 0.717) is 31.0 Å². The minimum absolute atomic E-state index is 0.0558. The molecule has 1 aromatic carbocycles. The van der Waals surface area contributed by atoms with Gasteiger partial charge in [0, 0.05) is 19.2 Å². The number of H-pyrrole nitrogens is 1. The van der Waals surface area contributed by atoms with E-state index in [-0.39, 0.29) is 12.3 Å². The Balaban J connectivity index is 1.41. The van der Waals surface area contributed by atoms with Crippen molar-refractivity contribution in [3.8, 4) is 0 Å². The molecule has 2 unspecified atom stereocenters. The molecule has 5 rings (SSSR count). The third-order valence-corrected chi connectivity index (χ3v) is 8.67. The highest BCUT2D eigenvalue weighted by atomic mass is 16.6. The molecule has 2 heterocycles. The molecular weight excluding hydrogens is 484 g/mol. The van der Waals surface area contributed by atoms with Crippen molar-refractivity contribution in [2.45, 2.75) is 88.6 Å². The normalized spacial score (nSPS) is 23.2. The molecule has 3 aliphatic rings. The van der Waals surface area contributed by atoms with Gasteiger partial charge in [-0.2, -0.15) is 0 Å². The number of hydrogen-bond acceptors (Lipinski definition) is 6. The van der Waals surface area contributed by atoms with Crippen LogP contribution in [0.2, 0.25) is 0 Å². The van der Waals surface area contributed by atoms with Gasteiger partial charge in [-0.25, -0.2) is 9.78 Å². The predicted octanol–water partition coefficient (Wildman–Crippen LogP) is 3.26. The van der Waals surface area contributed by atoms with E-state index in [1.165, 1.54) is 6.42 Å². The van der Waals surface area contributed by atoms with E-state index in [2.05, 4.69) is 9.97 Å². The summed E-state index contributed by atoms with van der Waals surface area (Å²) in [6.07, 6.45) is 8.54. The summed E-state index contributed by atoms with van der Waals surface area (Å²) in [6, 6.07) is 7.17. The monoisotopic (exact) mass is 524 g/mol. The second-order valence-corrected chi connectivity index (χ2v) is 11.3. The average molecular weight is 525 g/mol. The molecule has 0 saturated heterocycles. The van der Waals surface area contributed by atoms with Gasteiger partial charge < -0.3 is 30.6 Å². The van der Waals surface area contributed by atoms with Crippen LogP contribution in [-0.2, 0) is 22.4 Å². The van der Waals surface area contributed by atoms with E-state index in [1.54, 1.807) is 17.4 Å². The van der Waals surface area contributed by atoms with Crippen molar-refractivity contribution < 1.29 is 24.5 Å². The molecule has 2 aromatic rings. The number of ether oxygens (including phenoxy) is 1. The van der Waals surface area contributed by atoms with Crippen LogP contribution in [0.1, 0.15) is 74.2 Å². The number of hydrogen-bond donors (Lipinski definition) is 4. The number of aromatic amines is 1. The zero-order valence-corrected chi connectivity index (χ0v) is 21.9. The maximum atomic E-state index is 13.8. The second-order valence-electron chi connectivity index (χ2n) is 11.3. The van der Waals surface area contributed by atoms with Crippen LogP contribution in [0, 0.1) is 17.8 Å². The fourth-order valence-electron chi connectivity index (χ4n) is 6.38. The third-order valence-electron chi connectivity index (χ3n) is 8.67. The second kappa shape index (κ2) is 11.9. The molecule has 38 heavy (non-hydrogen) atoms. The van der Waals surface area contributed by atoms with E-state index in [9.17, 15) is 19.8 Å². The molecular formula is C29H40N4O5. The Labute approximate surface area is 223 Å². The van der Waals surface area contributed by atoms with E-state index < -0.39 is 42.3 Å². The summed E-state index contributed by atoms with van der Waals surface area (Å²) >= 11 is 0. The zero-order chi connectivity index (χ0) is 26.6. The number of carbonyl (C=O) groups excluding carboxylic acids is 2. The molecule has 2 fully saturated rings. The molecule has 9 nitrogen and oxygen atoms in total. The maximum absolute atomic E-state index is 13.8. The number of rotatable bonds is 10. The lowest BCUT2D eigenvalue weighted by molar-refractivity contribution is -0.124. The summed E-state index contributed by atoms with van der Waals surface area (Å²) in [7, 11) is 0. The number of aliphatic hydroxyl groups excluding tert-OH is 2. The quantitative estimate of drug-likeness (QED) is 0.376. The van der Waals surface area contributed by atoms with E-state index in [1.807, 2.05) is 24.3 Å². The van der Waals surface area contributed by atoms with Gasteiger partial charge in [0.25, 0.3) is 0 Å². The summed E-state index contributed by atoms with van der Waals surface area (Å²) in [5.41, 5.74) is 8.55. The van der Waals surface area contributed by atoms with Crippen molar-refractivity contribution in [1.29, 1.82) is 0 Å². The number of amides is 2. The lowest BCUT2D eigenvalue weighted by atomic mass is 9.82. The lowest BCUT2D eigenvalue weighted by Crippen LogP contribution is -2.50. The summed E-state index contributed by atoms with van der Waals surface area (Å²) in [5, 5.41) is 21.9. The van der Waals surface area contributed by atoms with Gasteiger partial charge in [0.1, 0.15) is 12.2 Å². The van der Waals surface area contributed by atoms with Crippen LogP contribution in [0.25, 0.3) is 0 Å². The van der Waals surface area contributed by atoms with Crippen molar-refractivity contribution in [2.24, 2.45) is 23.5 Å². The van der Waals surface area contributed by atoms with Crippen LogP contribution < -0.4 is 5.73 Å². The number of nitrogens with zero attached hydrogens (tertiary/aromatic N) is 2. The first-order valence-electron chi connectivity index (χ1n) is 14.1. The van der Waals surface area contributed by atoms with Gasteiger partial charge in [-0.3, -0.25) is 4.79 Å². The van der Waals surface area contributed by atoms with Crippen molar-refractivity contribution in [1.82, 2.24) is 14.9 Å². The SMILES string of the molecule is NC(=O)C(Cc1c[nH]cn1)C1c2ccccc2CCN1C(=O)O[C@@H](CC1CCCCC1)[C@H](O)[C@@H](O)C1CC1.